The molecule has 134 valence electrons. The second-order valence-electron chi connectivity index (χ2n) is 5.52. The molecule has 0 radical (unpaired) electrons. The standard InChI is InChI=1S/C10H9Cl2NO3.C8H11N/c11-7-2-1-5(3-8(7)12)6(10(13)16)4-9(14)15;1-7(9)8-5-3-2-4-6-8/h1-3,6H,4H2,(H2,13,16)(H,14,15);2-7H,9H2,1H3/t6-;7-/m00/s1. The van der Waals surface area contributed by atoms with Crippen LogP contribution in [-0.2, 0) is 9.59 Å². The molecule has 1 amide bonds. The molecule has 5 nitrogen and oxygen atoms in total. The molecule has 25 heavy (non-hydrogen) atoms. The van der Waals surface area contributed by atoms with Crippen molar-refractivity contribution in [3.63, 3.8) is 0 Å². The molecule has 2 atom stereocenters. The number of carbonyl (C=O) groups excluding carboxylic acids is 2. The first-order valence-corrected chi connectivity index (χ1v) is 8.30. The summed E-state index contributed by atoms with van der Waals surface area (Å²) < 4.78 is 0. The number of amides is 1. The van der Waals surface area contributed by atoms with Crippen molar-refractivity contribution in [3.8, 4) is 0 Å². The van der Waals surface area contributed by atoms with Crippen LogP contribution in [-0.4, -0.2) is 11.9 Å². The third-order valence-electron chi connectivity index (χ3n) is 3.43. The number of halogens is 2. The van der Waals surface area contributed by atoms with Gasteiger partial charge in [0.05, 0.1) is 16.0 Å². The van der Waals surface area contributed by atoms with Gasteiger partial charge in [-0.3, -0.25) is 4.79 Å². The Kier molecular flexibility index (Phi) is 8.41. The normalized spacial score (nSPS) is 12.5. The molecule has 0 spiro atoms. The fourth-order valence-corrected chi connectivity index (χ4v) is 2.37. The Labute approximate surface area is 156 Å². The summed E-state index contributed by atoms with van der Waals surface area (Å²) in [6, 6.07) is 15.1. The SMILES string of the molecule is C[C@H]([NH3+])c1ccccc1.NC(=O)[C@@H](CC(=O)[O-])c1ccc(Cl)c(Cl)c1. The number of rotatable bonds is 5. The summed E-state index contributed by atoms with van der Waals surface area (Å²) in [6.45, 7) is 2.09. The van der Waals surface area contributed by atoms with E-state index in [1.54, 1.807) is 0 Å². The molecule has 0 aromatic heterocycles. The van der Waals surface area contributed by atoms with Crippen LogP contribution in [0.5, 0.6) is 0 Å². The average Bonchev–Trinajstić information content (AvgIpc) is 2.56. The number of aliphatic carboxylic acids is 1. The lowest BCUT2D eigenvalue weighted by atomic mass is 9.95. The van der Waals surface area contributed by atoms with Gasteiger partial charge in [-0.1, -0.05) is 59.6 Å². The third kappa shape index (κ3) is 7.13. The molecule has 0 fully saturated rings. The van der Waals surface area contributed by atoms with E-state index >= 15 is 0 Å². The first-order valence-electron chi connectivity index (χ1n) is 7.54. The highest BCUT2D eigenvalue weighted by molar-refractivity contribution is 6.42. The summed E-state index contributed by atoms with van der Waals surface area (Å²) in [7, 11) is 0. The lowest BCUT2D eigenvalue weighted by molar-refractivity contribution is -0.420. The van der Waals surface area contributed by atoms with Gasteiger partial charge in [-0.2, -0.15) is 0 Å². The van der Waals surface area contributed by atoms with Gasteiger partial charge in [-0.25, -0.2) is 0 Å². The van der Waals surface area contributed by atoms with Crippen molar-refractivity contribution in [2.45, 2.75) is 25.3 Å². The summed E-state index contributed by atoms with van der Waals surface area (Å²) in [4.78, 5) is 21.5. The highest BCUT2D eigenvalue weighted by Crippen LogP contribution is 2.27. The van der Waals surface area contributed by atoms with Gasteiger partial charge in [0.25, 0.3) is 0 Å². The van der Waals surface area contributed by atoms with Crippen LogP contribution < -0.4 is 16.6 Å². The lowest BCUT2D eigenvalue weighted by Gasteiger charge is -2.14. The number of quaternary nitrogens is 1. The van der Waals surface area contributed by atoms with Gasteiger partial charge >= 0.3 is 0 Å². The summed E-state index contributed by atoms with van der Waals surface area (Å²) in [5, 5.41) is 11.0. The van der Waals surface area contributed by atoms with E-state index < -0.39 is 24.2 Å². The molecule has 0 aliphatic rings. The quantitative estimate of drug-likeness (QED) is 0.820. The molecule has 0 saturated heterocycles. The van der Waals surface area contributed by atoms with Crippen molar-refractivity contribution >= 4 is 35.1 Å². The first-order chi connectivity index (χ1) is 11.7. The van der Waals surface area contributed by atoms with Gasteiger partial charge in [-0.05, 0) is 24.6 Å². The van der Waals surface area contributed by atoms with Crippen molar-refractivity contribution < 1.29 is 20.4 Å². The van der Waals surface area contributed by atoms with Gasteiger partial charge < -0.3 is 21.4 Å². The molecule has 0 bridgehead atoms. The van der Waals surface area contributed by atoms with Gasteiger partial charge in [0, 0.05) is 18.0 Å². The lowest BCUT2D eigenvalue weighted by Crippen LogP contribution is -2.51. The number of carbonyl (C=O) groups is 2. The Hall–Kier alpha value is -2.08. The Bertz CT molecular complexity index is 722. The van der Waals surface area contributed by atoms with E-state index in [1.807, 2.05) is 18.2 Å². The number of hydrogen-bond donors (Lipinski definition) is 2. The van der Waals surface area contributed by atoms with Crippen LogP contribution in [0, 0.1) is 0 Å². The molecule has 0 heterocycles. The van der Waals surface area contributed by atoms with E-state index in [-0.39, 0.29) is 5.02 Å². The maximum atomic E-state index is 11.1. The van der Waals surface area contributed by atoms with Crippen LogP contribution >= 0.6 is 23.2 Å². The Morgan fingerprint density at radius 3 is 2.08 bits per heavy atom. The number of nitrogens with two attached hydrogens (primary N) is 1. The number of primary amides is 1. The number of carboxylic acid groups (broad SMARTS) is 1. The van der Waals surface area contributed by atoms with E-state index in [2.05, 4.69) is 24.8 Å². The molecule has 2 rings (SSSR count). The van der Waals surface area contributed by atoms with E-state index in [4.69, 9.17) is 28.9 Å². The van der Waals surface area contributed by atoms with Gasteiger partial charge in [-0.15, -0.1) is 0 Å². The predicted molar refractivity (Wildman–Crippen MR) is 95.8 cm³/mol. The summed E-state index contributed by atoms with van der Waals surface area (Å²) in [5.41, 5.74) is 10.7. The minimum absolute atomic E-state index is 0.240. The zero-order chi connectivity index (χ0) is 19.0. The summed E-state index contributed by atoms with van der Waals surface area (Å²) in [5.74, 6) is -3.06. The molecule has 2 aromatic carbocycles. The monoisotopic (exact) mass is 382 g/mol. The number of carboxylic acids is 1. The smallest absolute Gasteiger partial charge is 0.225 e. The topological polar surface area (TPSA) is 111 Å². The largest absolute Gasteiger partial charge is 0.550 e. The predicted octanol–water partition coefficient (Wildman–Crippen LogP) is 1.69. The van der Waals surface area contributed by atoms with Crippen LogP contribution in [0.3, 0.4) is 0 Å². The molecule has 0 unspecified atom stereocenters. The zero-order valence-electron chi connectivity index (χ0n) is 13.7. The van der Waals surface area contributed by atoms with E-state index in [1.165, 1.54) is 23.8 Å². The van der Waals surface area contributed by atoms with Crippen LogP contribution in [0.25, 0.3) is 0 Å². The second kappa shape index (κ2) is 10.0. The molecule has 5 N–H and O–H groups in total. The second-order valence-corrected chi connectivity index (χ2v) is 6.33. The van der Waals surface area contributed by atoms with Gasteiger partial charge in [0.2, 0.25) is 5.91 Å². The van der Waals surface area contributed by atoms with Crippen molar-refractivity contribution in [3.05, 3.63) is 69.7 Å². The van der Waals surface area contributed by atoms with Crippen molar-refractivity contribution in [2.24, 2.45) is 5.73 Å². The van der Waals surface area contributed by atoms with Crippen LogP contribution in [0.4, 0.5) is 0 Å². The fraction of sp³-hybridized carbons (Fsp3) is 0.222. The molecule has 7 heteroatoms. The number of benzene rings is 2. The Morgan fingerprint density at radius 2 is 1.68 bits per heavy atom. The molecule has 0 aliphatic carbocycles. The minimum atomic E-state index is -1.35. The first kappa shape index (κ1) is 21.0. The van der Waals surface area contributed by atoms with Crippen molar-refractivity contribution in [1.82, 2.24) is 0 Å². The van der Waals surface area contributed by atoms with E-state index in [0.29, 0.717) is 16.6 Å². The maximum Gasteiger partial charge on any atom is 0.225 e. The van der Waals surface area contributed by atoms with Crippen molar-refractivity contribution in [1.29, 1.82) is 0 Å². The summed E-state index contributed by atoms with van der Waals surface area (Å²) >= 11 is 11.4. The van der Waals surface area contributed by atoms with Gasteiger partial charge in [0.1, 0.15) is 6.04 Å². The highest BCUT2D eigenvalue weighted by atomic mass is 35.5. The highest BCUT2D eigenvalue weighted by Gasteiger charge is 2.18. The Balaban J connectivity index is 0.000000293. The van der Waals surface area contributed by atoms with Crippen LogP contribution in [0.2, 0.25) is 10.0 Å². The van der Waals surface area contributed by atoms with Crippen LogP contribution in [0.15, 0.2) is 48.5 Å². The van der Waals surface area contributed by atoms with E-state index in [0.717, 1.165) is 0 Å². The van der Waals surface area contributed by atoms with Gasteiger partial charge in [0.15, 0.2) is 0 Å². The maximum absolute atomic E-state index is 11.1. The van der Waals surface area contributed by atoms with Crippen molar-refractivity contribution in [2.75, 3.05) is 0 Å². The molecule has 0 aliphatic heterocycles. The molecule has 2 aromatic rings. The van der Waals surface area contributed by atoms with E-state index in [9.17, 15) is 14.7 Å². The molecule has 0 saturated carbocycles. The molecular formula is C18H20Cl2N2O3. The fourth-order valence-electron chi connectivity index (χ4n) is 2.06. The molecular weight excluding hydrogens is 363 g/mol. The third-order valence-corrected chi connectivity index (χ3v) is 4.17. The Morgan fingerprint density at radius 1 is 1.08 bits per heavy atom. The minimum Gasteiger partial charge on any atom is -0.550 e. The van der Waals surface area contributed by atoms with Crippen LogP contribution in [0.1, 0.15) is 36.4 Å². The zero-order valence-corrected chi connectivity index (χ0v) is 15.3. The average molecular weight is 383 g/mol. The summed E-state index contributed by atoms with van der Waals surface area (Å²) in [6.07, 6.45) is -0.479. The number of hydrogen-bond acceptors (Lipinski definition) is 3.